The van der Waals surface area contributed by atoms with Gasteiger partial charge in [0.25, 0.3) is 11.7 Å². The van der Waals surface area contributed by atoms with E-state index in [4.69, 9.17) is 18.9 Å². The first kappa shape index (κ1) is 30.0. The first-order chi connectivity index (χ1) is 18.4. The maximum Gasteiger partial charge on any atom is 0.295 e. The third-order valence-corrected chi connectivity index (χ3v) is 6.62. The lowest BCUT2D eigenvalue weighted by atomic mass is 9.84. The van der Waals surface area contributed by atoms with Crippen LogP contribution in [-0.2, 0) is 19.7 Å². The lowest BCUT2D eigenvalue weighted by molar-refractivity contribution is -0.140. The van der Waals surface area contributed by atoms with E-state index in [0.29, 0.717) is 48.0 Å². The van der Waals surface area contributed by atoms with E-state index in [-0.39, 0.29) is 29.4 Å². The Kier molecular flexibility index (Phi) is 9.67. The molecule has 0 radical (unpaired) electrons. The monoisotopic (exact) mass is 539 g/mol. The number of hydrogen-bond donors (Lipinski definition) is 1. The average molecular weight is 540 g/mol. The van der Waals surface area contributed by atoms with Crippen LogP contribution in [0.15, 0.2) is 42.0 Å². The molecule has 1 fully saturated rings. The highest BCUT2D eigenvalue weighted by molar-refractivity contribution is 6.46. The maximum absolute atomic E-state index is 13.5. The number of hydrogen-bond acceptors (Lipinski definition) is 7. The Bertz CT molecular complexity index is 1230. The molecule has 1 atom stereocenters. The third-order valence-electron chi connectivity index (χ3n) is 6.62. The number of carbonyl (C=O) groups excluding carboxylic acids is 2. The van der Waals surface area contributed by atoms with Crippen LogP contribution in [0.1, 0.15) is 70.7 Å². The number of ketones is 1. The van der Waals surface area contributed by atoms with Crippen molar-refractivity contribution in [1.29, 1.82) is 0 Å². The van der Waals surface area contributed by atoms with Crippen LogP contribution in [0.4, 0.5) is 0 Å². The fourth-order valence-electron chi connectivity index (χ4n) is 4.73. The summed E-state index contributed by atoms with van der Waals surface area (Å²) in [7, 11) is 3.06. The van der Waals surface area contributed by atoms with Gasteiger partial charge in [0.05, 0.1) is 38.5 Å². The van der Waals surface area contributed by atoms with Gasteiger partial charge in [-0.15, -0.1) is 0 Å². The number of ether oxygens (including phenoxy) is 4. The van der Waals surface area contributed by atoms with Crippen LogP contribution in [0.2, 0.25) is 0 Å². The van der Waals surface area contributed by atoms with Crippen LogP contribution in [0, 0.1) is 0 Å². The molecule has 0 aliphatic carbocycles. The number of Topliss-reactive ketones (excluding diaryl/α,β-unsaturated/α-hetero) is 1. The molecule has 3 rings (SSSR count). The number of rotatable bonds is 11. The van der Waals surface area contributed by atoms with Gasteiger partial charge in [-0.05, 0) is 68.5 Å². The van der Waals surface area contributed by atoms with Gasteiger partial charge in [0, 0.05) is 24.3 Å². The molecule has 39 heavy (non-hydrogen) atoms. The Morgan fingerprint density at radius 2 is 1.67 bits per heavy atom. The lowest BCUT2D eigenvalue weighted by Gasteiger charge is -2.26. The summed E-state index contributed by atoms with van der Waals surface area (Å²) in [6.07, 6.45) is 0.588. The lowest BCUT2D eigenvalue weighted by Crippen LogP contribution is -2.31. The molecule has 1 aliphatic rings. The zero-order chi connectivity index (χ0) is 28.9. The molecular weight excluding hydrogens is 498 g/mol. The minimum absolute atomic E-state index is 0.0287. The highest BCUT2D eigenvalue weighted by Gasteiger charge is 2.46. The Hall–Kier alpha value is -3.52. The molecule has 1 heterocycles. The van der Waals surface area contributed by atoms with Crippen molar-refractivity contribution in [3.63, 3.8) is 0 Å². The van der Waals surface area contributed by atoms with E-state index < -0.39 is 17.7 Å². The molecule has 0 saturated carbocycles. The highest BCUT2D eigenvalue weighted by Crippen LogP contribution is 2.43. The van der Waals surface area contributed by atoms with Gasteiger partial charge in [-0.2, -0.15) is 0 Å². The predicted octanol–water partition coefficient (Wildman–Crippen LogP) is 5.64. The molecule has 1 amide bonds. The number of aliphatic hydroxyl groups is 1. The maximum atomic E-state index is 13.5. The topological polar surface area (TPSA) is 94.5 Å². The molecule has 1 aliphatic heterocycles. The summed E-state index contributed by atoms with van der Waals surface area (Å²) >= 11 is 0. The molecule has 0 spiro atoms. The molecule has 1 unspecified atom stereocenters. The normalized spacial score (nSPS) is 17.2. The summed E-state index contributed by atoms with van der Waals surface area (Å²) in [5.41, 5.74) is 1.69. The van der Waals surface area contributed by atoms with Gasteiger partial charge >= 0.3 is 0 Å². The molecule has 2 aromatic rings. The molecule has 8 nitrogen and oxygen atoms in total. The summed E-state index contributed by atoms with van der Waals surface area (Å²) in [5, 5.41) is 11.6. The number of carbonyl (C=O) groups is 2. The Balaban J connectivity index is 2.17. The largest absolute Gasteiger partial charge is 0.507 e. The number of aliphatic hydroxyl groups excluding tert-OH is 1. The van der Waals surface area contributed by atoms with Crippen LogP contribution in [0.25, 0.3) is 5.76 Å². The second-order valence-electron chi connectivity index (χ2n) is 10.8. The van der Waals surface area contributed by atoms with Gasteiger partial charge in [-0.1, -0.05) is 26.8 Å². The number of likely N-dealkylation sites (tertiary alicyclic amines) is 1. The van der Waals surface area contributed by atoms with E-state index in [0.717, 1.165) is 5.56 Å². The van der Waals surface area contributed by atoms with Crippen LogP contribution in [0.5, 0.6) is 17.2 Å². The summed E-state index contributed by atoms with van der Waals surface area (Å²) in [6.45, 7) is 13.2. The van der Waals surface area contributed by atoms with E-state index in [1.54, 1.807) is 30.3 Å². The molecule has 0 bridgehead atoms. The SMILES string of the molecule is CCOc1ccc(/C(O)=C2\C(=O)C(=O)N(CCCOC(C)C)C2c2ccc(OC)c(OC)c2)cc1C(C)(C)C. The van der Waals surface area contributed by atoms with E-state index in [1.807, 2.05) is 26.8 Å². The smallest absolute Gasteiger partial charge is 0.295 e. The van der Waals surface area contributed by atoms with Crippen molar-refractivity contribution in [3.8, 4) is 17.2 Å². The average Bonchev–Trinajstić information content (AvgIpc) is 3.14. The first-order valence-electron chi connectivity index (χ1n) is 13.3. The van der Waals surface area contributed by atoms with Crippen molar-refractivity contribution in [2.75, 3.05) is 34.0 Å². The Morgan fingerprint density at radius 3 is 2.26 bits per heavy atom. The van der Waals surface area contributed by atoms with Crippen molar-refractivity contribution in [1.82, 2.24) is 4.90 Å². The fraction of sp³-hybridized carbons (Fsp3) is 0.484. The van der Waals surface area contributed by atoms with Gasteiger partial charge < -0.3 is 29.0 Å². The van der Waals surface area contributed by atoms with Crippen LogP contribution in [-0.4, -0.2) is 61.8 Å². The second kappa shape index (κ2) is 12.6. The minimum atomic E-state index is -0.812. The molecule has 2 aromatic carbocycles. The molecule has 8 heteroatoms. The fourth-order valence-corrected chi connectivity index (χ4v) is 4.73. The minimum Gasteiger partial charge on any atom is -0.507 e. The van der Waals surface area contributed by atoms with Gasteiger partial charge in [-0.25, -0.2) is 0 Å². The van der Waals surface area contributed by atoms with E-state index >= 15 is 0 Å². The molecule has 212 valence electrons. The molecule has 1 saturated heterocycles. The van der Waals surface area contributed by atoms with E-state index in [9.17, 15) is 14.7 Å². The van der Waals surface area contributed by atoms with Gasteiger partial charge in [-0.3, -0.25) is 9.59 Å². The Labute approximate surface area is 231 Å². The van der Waals surface area contributed by atoms with Crippen molar-refractivity contribution in [3.05, 3.63) is 58.7 Å². The van der Waals surface area contributed by atoms with E-state index in [1.165, 1.54) is 19.1 Å². The highest BCUT2D eigenvalue weighted by atomic mass is 16.5. The standard InChI is InChI=1S/C31H41NO7/c1-9-38-23-13-12-21(17-22(23)31(4,5)6)28(33)26-27(20-11-14-24(36-7)25(18-20)37-8)32(30(35)29(26)34)15-10-16-39-19(2)3/h11-14,17-19,27,33H,9-10,15-16H2,1-8H3/b28-26+. The van der Waals surface area contributed by atoms with Crippen molar-refractivity contribution >= 4 is 17.4 Å². The summed E-state index contributed by atoms with van der Waals surface area (Å²) < 4.78 is 22.4. The summed E-state index contributed by atoms with van der Waals surface area (Å²) in [5.74, 6) is 0.0574. The Morgan fingerprint density at radius 1 is 1.00 bits per heavy atom. The summed E-state index contributed by atoms with van der Waals surface area (Å²) in [4.78, 5) is 28.3. The first-order valence-corrected chi connectivity index (χ1v) is 13.3. The third kappa shape index (κ3) is 6.56. The van der Waals surface area contributed by atoms with Crippen LogP contribution >= 0.6 is 0 Å². The molecular formula is C31H41NO7. The second-order valence-corrected chi connectivity index (χ2v) is 10.8. The molecule has 1 N–H and O–H groups in total. The van der Waals surface area contributed by atoms with Crippen LogP contribution < -0.4 is 14.2 Å². The van der Waals surface area contributed by atoms with Crippen molar-refractivity contribution < 1.29 is 33.6 Å². The van der Waals surface area contributed by atoms with Gasteiger partial charge in [0.15, 0.2) is 11.5 Å². The zero-order valence-electron chi connectivity index (χ0n) is 24.3. The number of amides is 1. The number of methoxy groups -OCH3 is 2. The number of nitrogens with zero attached hydrogens (tertiary/aromatic N) is 1. The summed E-state index contributed by atoms with van der Waals surface area (Å²) in [6, 6.07) is 9.77. The van der Waals surface area contributed by atoms with Crippen molar-refractivity contribution in [2.45, 2.75) is 65.5 Å². The van der Waals surface area contributed by atoms with E-state index in [2.05, 4.69) is 20.8 Å². The number of benzene rings is 2. The van der Waals surface area contributed by atoms with Crippen molar-refractivity contribution in [2.24, 2.45) is 0 Å². The predicted molar refractivity (Wildman–Crippen MR) is 151 cm³/mol. The zero-order valence-corrected chi connectivity index (χ0v) is 24.3. The van der Waals surface area contributed by atoms with Gasteiger partial charge in [0.1, 0.15) is 11.5 Å². The molecule has 0 aromatic heterocycles. The quantitative estimate of drug-likeness (QED) is 0.171. The van der Waals surface area contributed by atoms with Crippen LogP contribution in [0.3, 0.4) is 0 Å². The van der Waals surface area contributed by atoms with Gasteiger partial charge in [0.2, 0.25) is 0 Å².